The van der Waals surface area contributed by atoms with E-state index in [9.17, 15) is 13.5 Å². The average Bonchev–Trinajstić information content (AvgIpc) is 2.37. The van der Waals surface area contributed by atoms with E-state index in [1.54, 1.807) is 24.3 Å². The van der Waals surface area contributed by atoms with Gasteiger partial charge in [0.2, 0.25) is 10.0 Å². The van der Waals surface area contributed by atoms with Gasteiger partial charge in [-0.25, -0.2) is 13.1 Å². The van der Waals surface area contributed by atoms with Gasteiger partial charge in [-0.1, -0.05) is 28.4 Å². The summed E-state index contributed by atoms with van der Waals surface area (Å²) >= 11 is 3.26. The van der Waals surface area contributed by atoms with Gasteiger partial charge >= 0.3 is 0 Å². The zero-order valence-electron chi connectivity index (χ0n) is 10.5. The maximum absolute atomic E-state index is 12.1. The lowest BCUT2D eigenvalue weighted by Crippen LogP contribution is -2.33. The number of aliphatic hydroxyl groups is 1. The number of rotatable bonds is 4. The van der Waals surface area contributed by atoms with Crippen LogP contribution in [-0.2, 0) is 10.0 Å². The van der Waals surface area contributed by atoms with Crippen LogP contribution in [0.15, 0.2) is 33.6 Å². The van der Waals surface area contributed by atoms with E-state index in [-0.39, 0.29) is 16.9 Å². The van der Waals surface area contributed by atoms with Crippen molar-refractivity contribution >= 4 is 26.0 Å². The summed E-state index contributed by atoms with van der Waals surface area (Å²) in [4.78, 5) is 0.262. The maximum Gasteiger partial charge on any atom is 0.240 e. The van der Waals surface area contributed by atoms with Crippen molar-refractivity contribution in [2.24, 2.45) is 5.92 Å². The minimum Gasteiger partial charge on any atom is -0.393 e. The van der Waals surface area contributed by atoms with E-state index in [4.69, 9.17) is 0 Å². The zero-order valence-corrected chi connectivity index (χ0v) is 13.0. The van der Waals surface area contributed by atoms with Crippen LogP contribution in [0.4, 0.5) is 0 Å². The first-order chi connectivity index (χ1) is 8.97. The summed E-state index contributed by atoms with van der Waals surface area (Å²) in [5, 5.41) is 9.58. The minimum atomic E-state index is -3.46. The molecule has 1 aliphatic carbocycles. The topological polar surface area (TPSA) is 66.4 Å². The molecule has 0 bridgehead atoms. The highest BCUT2D eigenvalue weighted by Gasteiger charge is 2.22. The minimum absolute atomic E-state index is 0.227. The number of hydrogen-bond acceptors (Lipinski definition) is 3. The Kier molecular flexibility index (Phi) is 5.00. The molecule has 2 unspecified atom stereocenters. The van der Waals surface area contributed by atoms with Crippen LogP contribution in [0.25, 0.3) is 0 Å². The lowest BCUT2D eigenvalue weighted by Gasteiger charge is -2.25. The molecule has 1 aliphatic rings. The van der Waals surface area contributed by atoms with E-state index in [2.05, 4.69) is 20.7 Å². The summed E-state index contributed by atoms with van der Waals surface area (Å²) in [6, 6.07) is 6.64. The molecule has 2 atom stereocenters. The molecule has 0 spiro atoms. The predicted molar refractivity (Wildman–Crippen MR) is 77.3 cm³/mol. The van der Waals surface area contributed by atoms with Gasteiger partial charge in [-0.05, 0) is 43.4 Å². The van der Waals surface area contributed by atoms with Gasteiger partial charge in [0, 0.05) is 11.0 Å². The Hall–Kier alpha value is -0.430. The molecule has 0 aromatic heterocycles. The van der Waals surface area contributed by atoms with E-state index < -0.39 is 10.0 Å². The summed E-state index contributed by atoms with van der Waals surface area (Å²) in [6.45, 7) is 0.395. The summed E-state index contributed by atoms with van der Waals surface area (Å²) in [5.74, 6) is 0.227. The lowest BCUT2D eigenvalue weighted by atomic mass is 9.87. The van der Waals surface area contributed by atoms with Crippen LogP contribution in [0, 0.1) is 5.92 Å². The van der Waals surface area contributed by atoms with Gasteiger partial charge in [0.05, 0.1) is 11.0 Å². The number of aliphatic hydroxyl groups excluding tert-OH is 1. The molecule has 0 aliphatic heterocycles. The third-order valence-corrected chi connectivity index (χ3v) is 5.34. The highest BCUT2D eigenvalue weighted by atomic mass is 79.9. The number of hydrogen-bond donors (Lipinski definition) is 2. The normalized spacial score (nSPS) is 24.3. The standard InChI is InChI=1S/C13H18BrNO3S/c14-11-4-2-6-13(8-11)19(17,18)15-9-10-3-1-5-12(16)7-10/h2,4,6,8,10,12,15-16H,1,3,5,7,9H2. The molecule has 6 heteroatoms. The second-order valence-electron chi connectivity index (χ2n) is 5.00. The van der Waals surface area contributed by atoms with Crippen molar-refractivity contribution in [2.45, 2.75) is 36.7 Å². The monoisotopic (exact) mass is 347 g/mol. The zero-order chi connectivity index (χ0) is 13.9. The van der Waals surface area contributed by atoms with Gasteiger partial charge in [-0.2, -0.15) is 0 Å². The molecule has 0 radical (unpaired) electrons. The quantitative estimate of drug-likeness (QED) is 0.877. The number of benzene rings is 1. The Bertz CT molecular complexity index is 532. The first kappa shape index (κ1) is 15.0. The molecule has 2 N–H and O–H groups in total. The molecule has 0 amide bonds. The molecule has 1 aromatic carbocycles. The molecule has 19 heavy (non-hydrogen) atoms. The Morgan fingerprint density at radius 3 is 2.84 bits per heavy atom. The molecule has 4 nitrogen and oxygen atoms in total. The van der Waals surface area contributed by atoms with E-state index in [0.717, 1.165) is 23.7 Å². The van der Waals surface area contributed by atoms with Crippen molar-refractivity contribution in [1.82, 2.24) is 4.72 Å². The van der Waals surface area contributed by atoms with Gasteiger partial charge in [0.15, 0.2) is 0 Å². The van der Waals surface area contributed by atoms with Gasteiger partial charge in [-0.3, -0.25) is 0 Å². The molecule has 106 valence electrons. The number of halogens is 1. The lowest BCUT2D eigenvalue weighted by molar-refractivity contribution is 0.102. The van der Waals surface area contributed by atoms with Gasteiger partial charge in [0.1, 0.15) is 0 Å². The van der Waals surface area contributed by atoms with Crippen molar-refractivity contribution in [2.75, 3.05) is 6.54 Å². The van der Waals surface area contributed by atoms with E-state index >= 15 is 0 Å². The fourth-order valence-electron chi connectivity index (χ4n) is 2.39. The second kappa shape index (κ2) is 6.35. The van der Waals surface area contributed by atoms with Crippen LogP contribution in [-0.4, -0.2) is 26.2 Å². The highest BCUT2D eigenvalue weighted by Crippen LogP contribution is 2.24. The number of nitrogens with one attached hydrogen (secondary N) is 1. The van der Waals surface area contributed by atoms with Crippen LogP contribution in [0.1, 0.15) is 25.7 Å². The van der Waals surface area contributed by atoms with Crippen LogP contribution in [0.3, 0.4) is 0 Å². The molecular formula is C13H18BrNO3S. The van der Waals surface area contributed by atoms with E-state index in [0.29, 0.717) is 13.0 Å². The van der Waals surface area contributed by atoms with Crippen molar-refractivity contribution < 1.29 is 13.5 Å². The third kappa shape index (κ3) is 4.27. The summed E-state index contributed by atoms with van der Waals surface area (Å²) in [6.07, 6.45) is 3.16. The molecular weight excluding hydrogens is 330 g/mol. The van der Waals surface area contributed by atoms with Gasteiger partial charge in [-0.15, -0.1) is 0 Å². The van der Waals surface area contributed by atoms with Crippen molar-refractivity contribution in [3.63, 3.8) is 0 Å². The van der Waals surface area contributed by atoms with Crippen LogP contribution < -0.4 is 4.72 Å². The fourth-order valence-corrected chi connectivity index (χ4v) is 4.11. The van der Waals surface area contributed by atoms with Crippen molar-refractivity contribution in [3.05, 3.63) is 28.7 Å². The first-order valence-corrected chi connectivity index (χ1v) is 8.68. The van der Waals surface area contributed by atoms with Crippen molar-refractivity contribution in [3.8, 4) is 0 Å². The summed E-state index contributed by atoms with van der Waals surface area (Å²) < 4.78 is 27.6. The Morgan fingerprint density at radius 2 is 2.16 bits per heavy atom. The van der Waals surface area contributed by atoms with Crippen LogP contribution in [0.2, 0.25) is 0 Å². The summed E-state index contributed by atoms with van der Waals surface area (Å²) in [5.41, 5.74) is 0. The largest absolute Gasteiger partial charge is 0.393 e. The molecule has 2 rings (SSSR count). The fraction of sp³-hybridized carbons (Fsp3) is 0.538. The smallest absolute Gasteiger partial charge is 0.240 e. The highest BCUT2D eigenvalue weighted by molar-refractivity contribution is 9.10. The molecule has 0 heterocycles. The Balaban J connectivity index is 1.98. The SMILES string of the molecule is O=S(=O)(NCC1CCCC(O)C1)c1cccc(Br)c1. The summed E-state index contributed by atoms with van der Waals surface area (Å²) in [7, 11) is -3.46. The maximum atomic E-state index is 12.1. The predicted octanol–water partition coefficient (Wildman–Crippen LogP) is 2.28. The van der Waals surface area contributed by atoms with Gasteiger partial charge in [0.25, 0.3) is 0 Å². The molecule has 1 fully saturated rings. The number of sulfonamides is 1. The van der Waals surface area contributed by atoms with Gasteiger partial charge < -0.3 is 5.11 Å². The average molecular weight is 348 g/mol. The Labute approximate surface area is 122 Å². The van der Waals surface area contributed by atoms with E-state index in [1.165, 1.54) is 0 Å². The molecule has 1 aromatic rings. The second-order valence-corrected chi connectivity index (χ2v) is 7.68. The van der Waals surface area contributed by atoms with Crippen molar-refractivity contribution in [1.29, 1.82) is 0 Å². The van der Waals surface area contributed by atoms with Crippen LogP contribution >= 0.6 is 15.9 Å². The first-order valence-electron chi connectivity index (χ1n) is 6.40. The van der Waals surface area contributed by atoms with Crippen LogP contribution in [0.5, 0.6) is 0 Å². The third-order valence-electron chi connectivity index (χ3n) is 3.42. The molecule has 1 saturated carbocycles. The molecule has 0 saturated heterocycles. The van der Waals surface area contributed by atoms with E-state index in [1.807, 2.05) is 0 Å². The Morgan fingerprint density at radius 1 is 1.37 bits per heavy atom.